The van der Waals surface area contributed by atoms with Gasteiger partial charge < -0.3 is 15.0 Å². The highest BCUT2D eigenvalue weighted by atomic mass is 32.1. The monoisotopic (exact) mass is 420 g/mol. The van der Waals surface area contributed by atoms with Gasteiger partial charge in [-0.3, -0.25) is 9.59 Å². The smallest absolute Gasteiger partial charge is 0.276 e. The zero-order chi connectivity index (χ0) is 21.0. The molecule has 0 spiro atoms. The van der Waals surface area contributed by atoms with E-state index in [0.29, 0.717) is 12.2 Å². The molecular formula is C20H25FN4O3S. The minimum absolute atomic E-state index is 0.170. The number of rotatable bonds is 6. The van der Waals surface area contributed by atoms with Gasteiger partial charge >= 0.3 is 0 Å². The lowest BCUT2D eigenvalue weighted by Gasteiger charge is -2.34. The maximum Gasteiger partial charge on any atom is 0.276 e. The summed E-state index contributed by atoms with van der Waals surface area (Å²) in [4.78, 5) is 28.0. The molecule has 7 nitrogen and oxygen atoms in total. The summed E-state index contributed by atoms with van der Waals surface area (Å²) in [6.07, 6.45) is 1.53. The van der Waals surface area contributed by atoms with Gasteiger partial charge in [0.15, 0.2) is 5.69 Å². The molecule has 0 radical (unpaired) electrons. The molecular weight excluding hydrogens is 395 g/mol. The van der Waals surface area contributed by atoms with E-state index in [1.165, 1.54) is 29.2 Å². The number of nitrogens with zero attached hydrogens (tertiary/aromatic N) is 3. The Hall–Kier alpha value is -2.39. The molecule has 0 aliphatic carbocycles. The minimum Gasteiger partial charge on any atom is -0.376 e. The lowest BCUT2D eigenvalue weighted by molar-refractivity contribution is -0.127. The fourth-order valence-electron chi connectivity index (χ4n) is 3.27. The van der Waals surface area contributed by atoms with Gasteiger partial charge in [0.05, 0.1) is 6.10 Å². The van der Waals surface area contributed by atoms with Crippen LogP contribution in [-0.4, -0.2) is 51.1 Å². The number of hydrogen-bond acceptors (Lipinski definition) is 6. The predicted molar refractivity (Wildman–Crippen MR) is 107 cm³/mol. The molecule has 2 atom stereocenters. The van der Waals surface area contributed by atoms with Crippen molar-refractivity contribution in [3.63, 3.8) is 0 Å². The SMILES string of the molecule is CC(C)(C)NC(=O)[C@@H](c1ccc(F)cc1)N(C[C@H]1CCCO1)C(=O)c1csnn1. The Morgan fingerprint density at radius 3 is 2.62 bits per heavy atom. The number of nitrogens with one attached hydrogen (secondary N) is 1. The van der Waals surface area contributed by atoms with Crippen molar-refractivity contribution in [1.82, 2.24) is 19.8 Å². The summed E-state index contributed by atoms with van der Waals surface area (Å²) >= 11 is 1.07. The van der Waals surface area contributed by atoms with Crippen molar-refractivity contribution >= 4 is 23.3 Å². The van der Waals surface area contributed by atoms with Crippen LogP contribution in [0.1, 0.15) is 55.7 Å². The second-order valence-corrected chi connectivity index (χ2v) is 8.69. The highest BCUT2D eigenvalue weighted by Crippen LogP contribution is 2.27. The second kappa shape index (κ2) is 8.96. The standard InChI is InChI=1S/C20H25FN4O3S/c1-20(2,3)22-18(26)17(13-6-8-14(21)9-7-13)25(11-15-5-4-10-28-15)19(27)16-12-29-24-23-16/h6-9,12,15,17H,4-5,10-11H2,1-3H3,(H,22,26)/t15-,17-/m1/s1. The van der Waals surface area contributed by atoms with Gasteiger partial charge in [0.2, 0.25) is 5.91 Å². The third-order valence-corrected chi connectivity index (χ3v) is 5.01. The van der Waals surface area contributed by atoms with Crippen LogP contribution in [0.4, 0.5) is 4.39 Å². The van der Waals surface area contributed by atoms with Crippen molar-refractivity contribution in [2.45, 2.75) is 51.3 Å². The Labute approximate surface area is 173 Å². The molecule has 1 fully saturated rings. The largest absolute Gasteiger partial charge is 0.376 e. The van der Waals surface area contributed by atoms with E-state index in [-0.39, 0.29) is 24.2 Å². The van der Waals surface area contributed by atoms with E-state index in [1.54, 1.807) is 5.38 Å². The van der Waals surface area contributed by atoms with Crippen molar-refractivity contribution < 1.29 is 18.7 Å². The number of halogens is 1. The predicted octanol–water partition coefficient (Wildman–Crippen LogP) is 2.95. The van der Waals surface area contributed by atoms with Gasteiger partial charge in [-0.15, -0.1) is 5.10 Å². The Morgan fingerprint density at radius 1 is 1.34 bits per heavy atom. The van der Waals surface area contributed by atoms with Crippen LogP contribution < -0.4 is 5.32 Å². The summed E-state index contributed by atoms with van der Waals surface area (Å²) in [5.74, 6) is -1.17. The van der Waals surface area contributed by atoms with Gasteiger partial charge in [0.25, 0.3) is 5.91 Å². The fourth-order valence-corrected chi connectivity index (χ4v) is 3.70. The second-order valence-electron chi connectivity index (χ2n) is 8.08. The normalized spacial score (nSPS) is 17.7. The number of carbonyl (C=O) groups excluding carboxylic acids is 2. The Bertz CT molecular complexity index is 830. The highest BCUT2D eigenvalue weighted by Gasteiger charge is 2.36. The summed E-state index contributed by atoms with van der Waals surface area (Å²) in [7, 11) is 0. The van der Waals surface area contributed by atoms with Gasteiger partial charge in [0.1, 0.15) is 11.9 Å². The summed E-state index contributed by atoms with van der Waals surface area (Å²) in [6, 6.07) is 4.67. The average molecular weight is 421 g/mol. The number of ether oxygens (including phenoxy) is 1. The van der Waals surface area contributed by atoms with Gasteiger partial charge in [-0.05, 0) is 62.8 Å². The van der Waals surface area contributed by atoms with Crippen LogP contribution in [0.25, 0.3) is 0 Å². The number of amides is 2. The summed E-state index contributed by atoms with van der Waals surface area (Å²) in [5.41, 5.74) is 0.183. The quantitative estimate of drug-likeness (QED) is 0.777. The number of benzene rings is 1. The lowest BCUT2D eigenvalue weighted by Crippen LogP contribution is -2.51. The zero-order valence-electron chi connectivity index (χ0n) is 16.7. The maximum atomic E-state index is 13.5. The van der Waals surface area contributed by atoms with Crippen LogP contribution in [0.5, 0.6) is 0 Å². The number of aromatic nitrogens is 2. The number of carbonyl (C=O) groups is 2. The summed E-state index contributed by atoms with van der Waals surface area (Å²) < 4.78 is 23.0. The van der Waals surface area contributed by atoms with E-state index in [4.69, 9.17) is 4.74 Å². The molecule has 2 heterocycles. The molecule has 1 aliphatic heterocycles. The molecule has 2 aromatic rings. The van der Waals surface area contributed by atoms with E-state index < -0.39 is 23.3 Å². The first-order valence-electron chi connectivity index (χ1n) is 9.52. The first-order chi connectivity index (χ1) is 13.7. The van der Waals surface area contributed by atoms with E-state index in [2.05, 4.69) is 14.9 Å². The van der Waals surface area contributed by atoms with E-state index in [1.807, 2.05) is 20.8 Å². The minimum atomic E-state index is -0.951. The molecule has 0 saturated carbocycles. The summed E-state index contributed by atoms with van der Waals surface area (Å²) in [6.45, 7) is 6.45. The van der Waals surface area contributed by atoms with Crippen molar-refractivity contribution in [2.24, 2.45) is 0 Å². The van der Waals surface area contributed by atoms with Crippen LogP contribution in [0, 0.1) is 5.82 Å². The van der Waals surface area contributed by atoms with Gasteiger partial charge in [-0.1, -0.05) is 16.6 Å². The fraction of sp³-hybridized carbons (Fsp3) is 0.500. The molecule has 0 bridgehead atoms. The topological polar surface area (TPSA) is 84.4 Å². The van der Waals surface area contributed by atoms with Gasteiger partial charge in [-0.25, -0.2) is 4.39 Å². The van der Waals surface area contributed by atoms with Crippen LogP contribution in [-0.2, 0) is 9.53 Å². The van der Waals surface area contributed by atoms with Crippen LogP contribution in [0.15, 0.2) is 29.6 Å². The first-order valence-corrected chi connectivity index (χ1v) is 10.4. The molecule has 9 heteroatoms. The molecule has 3 rings (SSSR count). The molecule has 1 aromatic carbocycles. The molecule has 1 aliphatic rings. The molecule has 2 amide bonds. The number of hydrogen-bond donors (Lipinski definition) is 1. The molecule has 29 heavy (non-hydrogen) atoms. The van der Waals surface area contributed by atoms with Crippen molar-refractivity contribution in [1.29, 1.82) is 0 Å². The van der Waals surface area contributed by atoms with Crippen molar-refractivity contribution in [3.8, 4) is 0 Å². The lowest BCUT2D eigenvalue weighted by atomic mass is 10.0. The third kappa shape index (κ3) is 5.57. The molecule has 1 N–H and O–H groups in total. The first kappa shape index (κ1) is 21.3. The van der Waals surface area contributed by atoms with Crippen molar-refractivity contribution in [2.75, 3.05) is 13.2 Å². The zero-order valence-corrected chi connectivity index (χ0v) is 17.5. The van der Waals surface area contributed by atoms with Crippen LogP contribution >= 0.6 is 11.5 Å². The molecule has 156 valence electrons. The third-order valence-electron chi connectivity index (χ3n) is 4.51. The molecule has 1 aromatic heterocycles. The Morgan fingerprint density at radius 2 is 2.07 bits per heavy atom. The average Bonchev–Trinajstić information content (AvgIpc) is 3.34. The highest BCUT2D eigenvalue weighted by molar-refractivity contribution is 7.03. The Balaban J connectivity index is 2.00. The van der Waals surface area contributed by atoms with Gasteiger partial charge in [-0.2, -0.15) is 0 Å². The van der Waals surface area contributed by atoms with Crippen LogP contribution in [0.3, 0.4) is 0 Å². The Kier molecular flexibility index (Phi) is 6.59. The van der Waals surface area contributed by atoms with E-state index in [0.717, 1.165) is 24.4 Å². The summed E-state index contributed by atoms with van der Waals surface area (Å²) in [5, 5.41) is 8.37. The van der Waals surface area contributed by atoms with E-state index in [9.17, 15) is 14.0 Å². The van der Waals surface area contributed by atoms with Gasteiger partial charge in [0, 0.05) is 24.1 Å². The molecule has 0 unspecified atom stereocenters. The van der Waals surface area contributed by atoms with E-state index >= 15 is 0 Å². The van der Waals surface area contributed by atoms with Crippen LogP contribution in [0.2, 0.25) is 0 Å². The maximum absolute atomic E-state index is 13.5. The molecule has 1 saturated heterocycles. The van der Waals surface area contributed by atoms with Crippen molar-refractivity contribution in [3.05, 3.63) is 46.7 Å².